The molecule has 1 rings (SSSR count). The van der Waals surface area contributed by atoms with Crippen LogP contribution in [0.15, 0.2) is 30.3 Å². The van der Waals surface area contributed by atoms with Crippen molar-refractivity contribution in [2.75, 3.05) is 6.61 Å². The van der Waals surface area contributed by atoms with Gasteiger partial charge >= 0.3 is 5.97 Å². The first-order valence-electron chi connectivity index (χ1n) is 10.1. The Morgan fingerprint density at radius 3 is 2.20 bits per heavy atom. The molecule has 1 aromatic carbocycles. The molecule has 0 aliphatic heterocycles. The third-order valence-electron chi connectivity index (χ3n) is 4.53. The standard InChI is InChI=1S/C22H35FO2/c1-2-25-22(24)19-12-7-5-3-4-6-11-17-21(23)18-13-16-20-14-9-8-10-15-20/h8-10,14-15,21H,2-7,11-13,16-19H2,1H3. The Bertz CT molecular complexity index is 433. The van der Waals surface area contributed by atoms with E-state index in [0.717, 1.165) is 44.9 Å². The van der Waals surface area contributed by atoms with Crippen LogP contribution in [0.2, 0.25) is 0 Å². The van der Waals surface area contributed by atoms with Gasteiger partial charge in [0.05, 0.1) is 6.61 Å². The normalized spacial score (nSPS) is 12.1. The van der Waals surface area contributed by atoms with Crippen molar-refractivity contribution < 1.29 is 13.9 Å². The Labute approximate surface area is 153 Å². The first-order valence-corrected chi connectivity index (χ1v) is 10.1. The number of rotatable bonds is 15. The molecule has 142 valence electrons. The number of hydrogen-bond acceptors (Lipinski definition) is 2. The Morgan fingerprint density at radius 2 is 1.52 bits per heavy atom. The monoisotopic (exact) mass is 350 g/mol. The van der Waals surface area contributed by atoms with Crippen molar-refractivity contribution in [2.45, 2.75) is 90.1 Å². The number of benzene rings is 1. The Morgan fingerprint density at radius 1 is 0.920 bits per heavy atom. The number of aryl methyl sites for hydroxylation is 1. The fourth-order valence-electron chi connectivity index (χ4n) is 3.07. The van der Waals surface area contributed by atoms with E-state index in [0.29, 0.717) is 25.9 Å². The van der Waals surface area contributed by atoms with Crippen molar-refractivity contribution in [2.24, 2.45) is 0 Å². The fraction of sp³-hybridized carbons (Fsp3) is 0.682. The molecule has 1 atom stereocenters. The van der Waals surface area contributed by atoms with Crippen LogP contribution in [0.4, 0.5) is 4.39 Å². The lowest BCUT2D eigenvalue weighted by Crippen LogP contribution is -2.03. The van der Waals surface area contributed by atoms with E-state index in [4.69, 9.17) is 4.74 Å². The highest BCUT2D eigenvalue weighted by atomic mass is 19.1. The molecule has 0 saturated carbocycles. The summed E-state index contributed by atoms with van der Waals surface area (Å²) in [6.45, 7) is 2.31. The van der Waals surface area contributed by atoms with Crippen LogP contribution >= 0.6 is 0 Å². The van der Waals surface area contributed by atoms with Crippen molar-refractivity contribution in [1.29, 1.82) is 0 Å². The maximum Gasteiger partial charge on any atom is 0.305 e. The lowest BCUT2D eigenvalue weighted by molar-refractivity contribution is -0.143. The van der Waals surface area contributed by atoms with E-state index >= 15 is 0 Å². The third-order valence-corrected chi connectivity index (χ3v) is 4.53. The highest BCUT2D eigenvalue weighted by Gasteiger charge is 2.06. The number of halogens is 1. The van der Waals surface area contributed by atoms with Crippen LogP contribution in [0.3, 0.4) is 0 Å². The molecule has 1 unspecified atom stereocenters. The summed E-state index contributed by atoms with van der Waals surface area (Å²) in [6, 6.07) is 10.3. The summed E-state index contributed by atoms with van der Waals surface area (Å²) < 4.78 is 18.8. The van der Waals surface area contributed by atoms with Gasteiger partial charge in [-0.05, 0) is 44.6 Å². The molecule has 0 N–H and O–H groups in total. The molecule has 25 heavy (non-hydrogen) atoms. The molecular formula is C22H35FO2. The zero-order valence-electron chi connectivity index (χ0n) is 15.9. The van der Waals surface area contributed by atoms with E-state index < -0.39 is 6.17 Å². The van der Waals surface area contributed by atoms with Crippen LogP contribution in [0.5, 0.6) is 0 Å². The average molecular weight is 351 g/mol. The summed E-state index contributed by atoms with van der Waals surface area (Å²) in [4.78, 5) is 11.2. The number of esters is 1. The summed E-state index contributed by atoms with van der Waals surface area (Å²) in [5.41, 5.74) is 1.30. The smallest absolute Gasteiger partial charge is 0.305 e. The molecular weight excluding hydrogens is 315 g/mol. The molecule has 0 amide bonds. The van der Waals surface area contributed by atoms with Gasteiger partial charge < -0.3 is 4.74 Å². The molecule has 0 aromatic heterocycles. The minimum atomic E-state index is -0.645. The number of ether oxygens (including phenoxy) is 1. The number of carbonyl (C=O) groups is 1. The van der Waals surface area contributed by atoms with Crippen LogP contribution < -0.4 is 0 Å². The molecule has 2 nitrogen and oxygen atoms in total. The van der Waals surface area contributed by atoms with Crippen molar-refractivity contribution >= 4 is 5.97 Å². The second-order valence-corrected chi connectivity index (χ2v) is 6.79. The minimum Gasteiger partial charge on any atom is -0.466 e. The van der Waals surface area contributed by atoms with E-state index in [1.165, 1.54) is 18.4 Å². The summed E-state index contributed by atoms with van der Waals surface area (Å²) >= 11 is 0. The van der Waals surface area contributed by atoms with Gasteiger partial charge in [0.25, 0.3) is 0 Å². The minimum absolute atomic E-state index is 0.0799. The molecule has 0 radical (unpaired) electrons. The molecule has 0 aliphatic rings. The van der Waals surface area contributed by atoms with E-state index in [1.54, 1.807) is 0 Å². The van der Waals surface area contributed by atoms with E-state index in [-0.39, 0.29) is 5.97 Å². The van der Waals surface area contributed by atoms with Crippen LogP contribution in [0.25, 0.3) is 0 Å². The quantitative estimate of drug-likeness (QED) is 0.269. The van der Waals surface area contributed by atoms with Crippen molar-refractivity contribution in [3.63, 3.8) is 0 Å². The zero-order valence-corrected chi connectivity index (χ0v) is 15.9. The van der Waals surface area contributed by atoms with Gasteiger partial charge in [-0.25, -0.2) is 4.39 Å². The zero-order chi connectivity index (χ0) is 18.2. The first kappa shape index (κ1) is 21.7. The summed E-state index contributed by atoms with van der Waals surface area (Å²) in [7, 11) is 0. The van der Waals surface area contributed by atoms with Crippen LogP contribution in [0.1, 0.15) is 83.1 Å². The van der Waals surface area contributed by atoms with E-state index in [1.807, 2.05) is 25.1 Å². The van der Waals surface area contributed by atoms with Gasteiger partial charge in [-0.3, -0.25) is 4.79 Å². The van der Waals surface area contributed by atoms with Crippen molar-refractivity contribution in [1.82, 2.24) is 0 Å². The number of hydrogen-bond donors (Lipinski definition) is 0. The Kier molecular flexibility index (Phi) is 12.9. The van der Waals surface area contributed by atoms with Gasteiger partial charge in [0.2, 0.25) is 0 Å². The Balaban J connectivity index is 1.85. The largest absolute Gasteiger partial charge is 0.466 e. The van der Waals surface area contributed by atoms with Gasteiger partial charge in [-0.1, -0.05) is 68.9 Å². The van der Waals surface area contributed by atoms with Gasteiger partial charge in [-0.15, -0.1) is 0 Å². The lowest BCUT2D eigenvalue weighted by atomic mass is 10.0. The Hall–Kier alpha value is -1.38. The first-order chi connectivity index (χ1) is 12.2. The fourth-order valence-corrected chi connectivity index (χ4v) is 3.07. The summed E-state index contributed by atoms with van der Waals surface area (Å²) in [5, 5.41) is 0. The highest BCUT2D eigenvalue weighted by molar-refractivity contribution is 5.69. The highest BCUT2D eigenvalue weighted by Crippen LogP contribution is 2.16. The summed E-state index contributed by atoms with van der Waals surface area (Å²) in [6.07, 6.45) is 10.9. The van der Waals surface area contributed by atoms with Crippen LogP contribution in [-0.4, -0.2) is 18.7 Å². The predicted molar refractivity (Wildman–Crippen MR) is 102 cm³/mol. The van der Waals surface area contributed by atoms with Gasteiger partial charge in [0.1, 0.15) is 6.17 Å². The molecule has 0 fully saturated rings. The molecule has 1 aromatic rings. The third kappa shape index (κ3) is 12.6. The maximum absolute atomic E-state index is 13.9. The van der Waals surface area contributed by atoms with Crippen LogP contribution in [-0.2, 0) is 16.0 Å². The number of carbonyl (C=O) groups excluding carboxylic acids is 1. The van der Waals surface area contributed by atoms with Gasteiger partial charge in [0, 0.05) is 6.42 Å². The summed E-state index contributed by atoms with van der Waals surface area (Å²) in [5.74, 6) is -0.0799. The second kappa shape index (κ2) is 14.9. The molecule has 0 aliphatic carbocycles. The van der Waals surface area contributed by atoms with Crippen molar-refractivity contribution in [3.8, 4) is 0 Å². The topological polar surface area (TPSA) is 26.3 Å². The van der Waals surface area contributed by atoms with E-state index in [2.05, 4.69) is 12.1 Å². The van der Waals surface area contributed by atoms with Gasteiger partial charge in [0.15, 0.2) is 0 Å². The van der Waals surface area contributed by atoms with Crippen molar-refractivity contribution in [3.05, 3.63) is 35.9 Å². The van der Waals surface area contributed by atoms with Gasteiger partial charge in [-0.2, -0.15) is 0 Å². The van der Waals surface area contributed by atoms with Crippen LogP contribution in [0, 0.1) is 0 Å². The molecule has 0 bridgehead atoms. The number of unbranched alkanes of at least 4 members (excludes halogenated alkanes) is 6. The molecule has 0 heterocycles. The lowest BCUT2D eigenvalue weighted by Gasteiger charge is -2.08. The molecule has 0 spiro atoms. The average Bonchev–Trinajstić information content (AvgIpc) is 2.61. The predicted octanol–water partition coefficient (Wildman–Crippen LogP) is 6.42. The van der Waals surface area contributed by atoms with E-state index in [9.17, 15) is 9.18 Å². The molecule has 3 heteroatoms. The molecule has 0 saturated heterocycles. The second-order valence-electron chi connectivity index (χ2n) is 6.79. The number of alkyl halides is 1. The maximum atomic E-state index is 13.9. The SMILES string of the molecule is CCOC(=O)CCCCCCCCCC(F)CCCc1ccccc1.